The molecule has 0 aliphatic heterocycles. The molecule has 0 radical (unpaired) electrons. The Hall–Kier alpha value is -1.16. The molecule has 0 fully saturated rings. The molecule has 3 nitrogen and oxygen atoms in total. The van der Waals surface area contributed by atoms with E-state index >= 15 is 0 Å². The van der Waals surface area contributed by atoms with Crippen LogP contribution in [0.3, 0.4) is 0 Å². The molecular formula is C14H23FN2O. The molecule has 1 N–H and O–H groups in total. The van der Waals surface area contributed by atoms with E-state index in [1.807, 2.05) is 4.90 Å². The zero-order valence-electron chi connectivity index (χ0n) is 11.3. The second-order valence-electron chi connectivity index (χ2n) is 4.46. The summed E-state index contributed by atoms with van der Waals surface area (Å²) in [6.45, 7) is 5.58. The molecule has 18 heavy (non-hydrogen) atoms. The Morgan fingerprint density at radius 2 is 1.83 bits per heavy atom. The summed E-state index contributed by atoms with van der Waals surface area (Å²) in [7, 11) is 0. The van der Waals surface area contributed by atoms with E-state index in [9.17, 15) is 4.39 Å². The van der Waals surface area contributed by atoms with Gasteiger partial charge in [-0.25, -0.2) is 9.37 Å². The van der Waals surface area contributed by atoms with Crippen molar-refractivity contribution in [3.8, 4) is 0 Å². The molecule has 0 atom stereocenters. The SMILES string of the molecule is CCCCN(CCCC)c1nccc(CO)c1F. The van der Waals surface area contributed by atoms with Gasteiger partial charge in [-0.3, -0.25) is 0 Å². The molecule has 102 valence electrons. The van der Waals surface area contributed by atoms with Crippen LogP contribution in [0.15, 0.2) is 12.3 Å². The number of aliphatic hydroxyl groups is 1. The third-order valence-corrected chi connectivity index (χ3v) is 2.98. The van der Waals surface area contributed by atoms with Gasteiger partial charge < -0.3 is 10.0 Å². The van der Waals surface area contributed by atoms with Crippen LogP contribution in [0.4, 0.5) is 10.2 Å². The zero-order chi connectivity index (χ0) is 13.4. The molecule has 0 unspecified atom stereocenters. The Kier molecular flexibility index (Phi) is 6.65. The van der Waals surface area contributed by atoms with Gasteiger partial charge in [-0.2, -0.15) is 0 Å². The molecule has 0 spiro atoms. The molecule has 0 aromatic carbocycles. The predicted molar refractivity (Wildman–Crippen MR) is 72.1 cm³/mol. The van der Waals surface area contributed by atoms with E-state index in [1.54, 1.807) is 6.20 Å². The lowest BCUT2D eigenvalue weighted by Gasteiger charge is -2.24. The van der Waals surface area contributed by atoms with E-state index in [-0.39, 0.29) is 12.4 Å². The van der Waals surface area contributed by atoms with Crippen molar-refractivity contribution < 1.29 is 9.50 Å². The Balaban J connectivity index is 2.88. The minimum Gasteiger partial charge on any atom is -0.392 e. The molecular weight excluding hydrogens is 231 g/mol. The lowest BCUT2D eigenvalue weighted by molar-refractivity contribution is 0.275. The van der Waals surface area contributed by atoms with Crippen molar-refractivity contribution in [3.63, 3.8) is 0 Å². The maximum atomic E-state index is 14.1. The maximum Gasteiger partial charge on any atom is 0.171 e. The van der Waals surface area contributed by atoms with E-state index < -0.39 is 0 Å². The number of pyridine rings is 1. The number of anilines is 1. The number of rotatable bonds is 8. The standard InChI is InChI=1S/C14H23FN2O/c1-3-5-9-17(10-6-4-2)14-13(15)12(11-18)7-8-16-14/h7-8,18H,3-6,9-11H2,1-2H3. The molecule has 0 amide bonds. The number of hydrogen-bond acceptors (Lipinski definition) is 3. The van der Waals surface area contributed by atoms with Crippen molar-refractivity contribution in [3.05, 3.63) is 23.6 Å². The highest BCUT2D eigenvalue weighted by Crippen LogP contribution is 2.20. The summed E-state index contributed by atoms with van der Waals surface area (Å²) in [5, 5.41) is 9.09. The number of aliphatic hydroxyl groups excluding tert-OH is 1. The minimum atomic E-state index is -0.382. The first-order chi connectivity index (χ1) is 8.74. The van der Waals surface area contributed by atoms with E-state index in [4.69, 9.17) is 5.11 Å². The zero-order valence-corrected chi connectivity index (χ0v) is 11.3. The van der Waals surface area contributed by atoms with Crippen molar-refractivity contribution in [1.29, 1.82) is 0 Å². The minimum absolute atomic E-state index is 0.281. The van der Waals surface area contributed by atoms with Crippen molar-refractivity contribution in [2.45, 2.75) is 46.1 Å². The topological polar surface area (TPSA) is 36.4 Å². The third kappa shape index (κ3) is 3.95. The first-order valence-corrected chi connectivity index (χ1v) is 6.73. The molecule has 0 bridgehead atoms. The van der Waals surface area contributed by atoms with Crippen LogP contribution in [0.5, 0.6) is 0 Å². The first-order valence-electron chi connectivity index (χ1n) is 6.73. The van der Waals surface area contributed by atoms with Gasteiger partial charge in [0.15, 0.2) is 11.6 Å². The van der Waals surface area contributed by atoms with Crippen LogP contribution in [-0.4, -0.2) is 23.2 Å². The Bertz CT molecular complexity index is 350. The van der Waals surface area contributed by atoms with Crippen molar-refractivity contribution in [2.75, 3.05) is 18.0 Å². The Morgan fingerprint density at radius 1 is 1.22 bits per heavy atom. The van der Waals surface area contributed by atoms with E-state index in [0.717, 1.165) is 38.8 Å². The largest absolute Gasteiger partial charge is 0.392 e. The van der Waals surface area contributed by atoms with Crippen molar-refractivity contribution >= 4 is 5.82 Å². The van der Waals surface area contributed by atoms with Crippen LogP contribution in [0.1, 0.15) is 45.1 Å². The molecule has 1 aromatic heterocycles. The monoisotopic (exact) mass is 254 g/mol. The first kappa shape index (κ1) is 14.9. The van der Waals surface area contributed by atoms with E-state index in [2.05, 4.69) is 18.8 Å². The molecule has 0 saturated heterocycles. The molecule has 1 rings (SSSR count). The van der Waals surface area contributed by atoms with Gasteiger partial charge in [-0.1, -0.05) is 26.7 Å². The van der Waals surface area contributed by atoms with Crippen LogP contribution in [-0.2, 0) is 6.61 Å². The summed E-state index contributed by atoms with van der Waals surface area (Å²) >= 11 is 0. The highest BCUT2D eigenvalue weighted by Gasteiger charge is 2.15. The van der Waals surface area contributed by atoms with Crippen LogP contribution in [0.2, 0.25) is 0 Å². The van der Waals surface area contributed by atoms with Gasteiger partial charge in [0.2, 0.25) is 0 Å². The van der Waals surface area contributed by atoms with Gasteiger partial charge in [0.05, 0.1) is 6.61 Å². The normalized spacial score (nSPS) is 10.7. The van der Waals surface area contributed by atoms with Crippen LogP contribution >= 0.6 is 0 Å². The summed E-state index contributed by atoms with van der Waals surface area (Å²) in [6.07, 6.45) is 5.76. The number of hydrogen-bond donors (Lipinski definition) is 1. The third-order valence-electron chi connectivity index (χ3n) is 2.98. The van der Waals surface area contributed by atoms with E-state index in [1.165, 1.54) is 6.07 Å². The molecule has 1 aromatic rings. The lowest BCUT2D eigenvalue weighted by atomic mass is 10.2. The average molecular weight is 254 g/mol. The predicted octanol–water partition coefficient (Wildman–Crippen LogP) is 3.12. The summed E-state index contributed by atoms with van der Waals surface area (Å²) < 4.78 is 14.1. The number of nitrogens with zero attached hydrogens (tertiary/aromatic N) is 2. The average Bonchev–Trinajstić information content (AvgIpc) is 2.40. The Labute approximate surface area is 109 Å². The van der Waals surface area contributed by atoms with Gasteiger partial charge in [-0.05, 0) is 18.9 Å². The maximum absolute atomic E-state index is 14.1. The summed E-state index contributed by atoms with van der Waals surface area (Å²) in [4.78, 5) is 6.12. The highest BCUT2D eigenvalue weighted by atomic mass is 19.1. The summed E-state index contributed by atoms with van der Waals surface area (Å²) in [5.41, 5.74) is 0.318. The van der Waals surface area contributed by atoms with Crippen LogP contribution in [0.25, 0.3) is 0 Å². The highest BCUT2D eigenvalue weighted by molar-refractivity contribution is 5.42. The summed E-state index contributed by atoms with van der Waals surface area (Å²) in [5.74, 6) is -0.00402. The second-order valence-corrected chi connectivity index (χ2v) is 4.46. The van der Waals surface area contributed by atoms with Gasteiger partial charge in [-0.15, -0.1) is 0 Å². The smallest absolute Gasteiger partial charge is 0.171 e. The van der Waals surface area contributed by atoms with Gasteiger partial charge in [0, 0.05) is 24.8 Å². The van der Waals surface area contributed by atoms with Crippen molar-refractivity contribution in [2.24, 2.45) is 0 Å². The molecule has 1 heterocycles. The Morgan fingerprint density at radius 3 is 2.33 bits per heavy atom. The number of halogens is 1. The molecule has 4 heteroatoms. The quantitative estimate of drug-likeness (QED) is 0.774. The van der Waals surface area contributed by atoms with Gasteiger partial charge >= 0.3 is 0 Å². The van der Waals surface area contributed by atoms with Gasteiger partial charge in [0.25, 0.3) is 0 Å². The van der Waals surface area contributed by atoms with E-state index in [0.29, 0.717) is 11.4 Å². The molecule has 0 saturated carbocycles. The van der Waals surface area contributed by atoms with Crippen LogP contribution < -0.4 is 4.90 Å². The fourth-order valence-corrected chi connectivity index (χ4v) is 1.84. The van der Waals surface area contributed by atoms with Crippen LogP contribution in [0, 0.1) is 5.82 Å². The number of unbranched alkanes of at least 4 members (excludes halogenated alkanes) is 2. The van der Waals surface area contributed by atoms with Gasteiger partial charge in [0.1, 0.15) is 0 Å². The lowest BCUT2D eigenvalue weighted by Crippen LogP contribution is -2.28. The molecule has 0 aliphatic carbocycles. The summed E-state index contributed by atoms with van der Waals surface area (Å²) in [6, 6.07) is 1.52. The van der Waals surface area contributed by atoms with Crippen molar-refractivity contribution in [1.82, 2.24) is 4.98 Å². The fraction of sp³-hybridized carbons (Fsp3) is 0.643. The molecule has 0 aliphatic rings. The number of aromatic nitrogens is 1. The fourth-order valence-electron chi connectivity index (χ4n) is 1.84. The second kappa shape index (κ2) is 8.03.